The van der Waals surface area contributed by atoms with E-state index in [4.69, 9.17) is 4.74 Å². The van der Waals surface area contributed by atoms with Gasteiger partial charge in [0.1, 0.15) is 28.8 Å². The Labute approximate surface area is 205 Å². The largest absolute Gasteiger partial charge is 0.494 e. The lowest BCUT2D eigenvalue weighted by Gasteiger charge is -2.12. The van der Waals surface area contributed by atoms with Crippen LogP contribution >= 0.6 is 0 Å². The van der Waals surface area contributed by atoms with Gasteiger partial charge < -0.3 is 4.74 Å². The van der Waals surface area contributed by atoms with Gasteiger partial charge in [-0.3, -0.25) is 0 Å². The number of fused-ring (bicyclic) bond motifs is 1. The van der Waals surface area contributed by atoms with E-state index in [-0.39, 0.29) is 18.4 Å². The standard InChI is InChI=1S/C29H24F6O/c1-2-3-14-36-23-11-8-19(9-12-23)21-10-13-24-22(17-21)7-6-20(28(24)32)5-4-18-15-25(30)27(26(31)16-18)29(33,34)35/h6-13,15-17H,2-5,14H2,1H3. The molecule has 0 aliphatic rings. The Bertz CT molecular complexity index is 1340. The molecule has 0 unspecified atom stereocenters. The highest BCUT2D eigenvalue weighted by molar-refractivity contribution is 5.88. The molecule has 0 saturated heterocycles. The van der Waals surface area contributed by atoms with Crippen molar-refractivity contribution in [3.8, 4) is 16.9 Å². The first kappa shape index (κ1) is 25.6. The van der Waals surface area contributed by atoms with E-state index < -0.39 is 29.2 Å². The average molecular weight is 502 g/mol. The van der Waals surface area contributed by atoms with Crippen LogP contribution in [0.5, 0.6) is 5.75 Å². The molecule has 1 nitrogen and oxygen atoms in total. The zero-order valence-electron chi connectivity index (χ0n) is 19.6. The fraction of sp³-hybridized carbons (Fsp3) is 0.241. The predicted molar refractivity (Wildman–Crippen MR) is 129 cm³/mol. The molecule has 0 bridgehead atoms. The van der Waals surface area contributed by atoms with E-state index in [0.717, 1.165) is 29.7 Å². The number of hydrogen-bond acceptors (Lipinski definition) is 1. The molecular weight excluding hydrogens is 478 g/mol. The summed E-state index contributed by atoms with van der Waals surface area (Å²) in [6.45, 7) is 2.76. The van der Waals surface area contributed by atoms with Gasteiger partial charge in [0, 0.05) is 5.39 Å². The molecule has 0 aliphatic carbocycles. The van der Waals surface area contributed by atoms with E-state index in [1.54, 1.807) is 18.2 Å². The van der Waals surface area contributed by atoms with Crippen molar-refractivity contribution in [3.63, 3.8) is 0 Å². The first-order chi connectivity index (χ1) is 17.2. The van der Waals surface area contributed by atoms with E-state index in [0.29, 0.717) is 35.1 Å². The van der Waals surface area contributed by atoms with Crippen LogP contribution in [0, 0.1) is 17.5 Å². The number of aryl methyl sites for hydroxylation is 2. The molecule has 7 heteroatoms. The summed E-state index contributed by atoms with van der Waals surface area (Å²) in [6, 6.07) is 17.7. The molecule has 0 atom stereocenters. The maximum atomic E-state index is 15.2. The maximum Gasteiger partial charge on any atom is 0.422 e. The highest BCUT2D eigenvalue weighted by Gasteiger charge is 2.37. The number of rotatable bonds is 8. The lowest BCUT2D eigenvalue weighted by atomic mass is 9.97. The second kappa shape index (κ2) is 10.6. The molecule has 0 N–H and O–H groups in total. The quantitative estimate of drug-likeness (QED) is 0.173. The number of benzene rings is 4. The molecule has 4 rings (SSSR count). The van der Waals surface area contributed by atoms with Crippen LogP contribution in [0.25, 0.3) is 21.9 Å². The Hall–Kier alpha value is -3.48. The second-order valence-electron chi connectivity index (χ2n) is 8.63. The molecule has 4 aromatic rings. The lowest BCUT2D eigenvalue weighted by Crippen LogP contribution is -2.12. The van der Waals surface area contributed by atoms with Gasteiger partial charge in [-0.25, -0.2) is 13.2 Å². The zero-order chi connectivity index (χ0) is 25.9. The fourth-order valence-electron chi connectivity index (χ4n) is 4.11. The van der Waals surface area contributed by atoms with Crippen molar-refractivity contribution in [2.24, 2.45) is 0 Å². The second-order valence-corrected chi connectivity index (χ2v) is 8.63. The lowest BCUT2D eigenvalue weighted by molar-refractivity contribution is -0.142. The summed E-state index contributed by atoms with van der Waals surface area (Å²) in [6.07, 6.45) is -3.02. The van der Waals surface area contributed by atoms with Crippen molar-refractivity contribution in [1.29, 1.82) is 0 Å². The van der Waals surface area contributed by atoms with E-state index in [2.05, 4.69) is 6.92 Å². The predicted octanol–water partition coefficient (Wildman–Crippen LogP) is 8.91. The molecule has 0 aromatic heterocycles. The molecule has 0 radical (unpaired) electrons. The summed E-state index contributed by atoms with van der Waals surface area (Å²) in [7, 11) is 0. The van der Waals surface area contributed by atoms with Gasteiger partial charge in [0.2, 0.25) is 0 Å². The molecule has 0 amide bonds. The topological polar surface area (TPSA) is 9.23 Å². The molecule has 0 heterocycles. The normalized spacial score (nSPS) is 11.8. The summed E-state index contributed by atoms with van der Waals surface area (Å²) in [5, 5.41) is 1.07. The van der Waals surface area contributed by atoms with Crippen LogP contribution in [-0.2, 0) is 19.0 Å². The van der Waals surface area contributed by atoms with Crippen molar-refractivity contribution < 1.29 is 31.1 Å². The van der Waals surface area contributed by atoms with Crippen LogP contribution in [0.4, 0.5) is 26.3 Å². The monoisotopic (exact) mass is 502 g/mol. The number of halogens is 6. The fourth-order valence-corrected chi connectivity index (χ4v) is 4.11. The van der Waals surface area contributed by atoms with E-state index >= 15 is 4.39 Å². The van der Waals surface area contributed by atoms with Gasteiger partial charge in [-0.05, 0) is 77.2 Å². The van der Waals surface area contributed by atoms with Crippen LogP contribution in [0.15, 0.2) is 66.7 Å². The van der Waals surface area contributed by atoms with Crippen molar-refractivity contribution in [3.05, 3.63) is 101 Å². The van der Waals surface area contributed by atoms with E-state index in [9.17, 15) is 22.0 Å². The molecular formula is C29H24F6O. The van der Waals surface area contributed by atoms with Gasteiger partial charge in [0.25, 0.3) is 0 Å². The molecule has 0 aliphatic heterocycles. The number of unbranched alkanes of at least 4 members (excludes halogenated alkanes) is 1. The third-order valence-corrected chi connectivity index (χ3v) is 6.06. The summed E-state index contributed by atoms with van der Waals surface area (Å²) in [4.78, 5) is 0. The highest BCUT2D eigenvalue weighted by atomic mass is 19.4. The van der Waals surface area contributed by atoms with E-state index in [1.807, 2.05) is 36.4 Å². The SMILES string of the molecule is CCCCOc1ccc(-c2ccc3c(F)c(CCc4cc(F)c(C(F)(F)F)c(F)c4)ccc3c2)cc1. The van der Waals surface area contributed by atoms with Crippen LogP contribution in [0.2, 0.25) is 0 Å². The van der Waals surface area contributed by atoms with Gasteiger partial charge in [-0.15, -0.1) is 0 Å². The zero-order valence-corrected chi connectivity index (χ0v) is 19.6. The van der Waals surface area contributed by atoms with Gasteiger partial charge in [-0.1, -0.05) is 49.7 Å². The Morgan fingerprint density at radius 3 is 2.06 bits per heavy atom. The van der Waals surface area contributed by atoms with Crippen molar-refractivity contribution in [1.82, 2.24) is 0 Å². The van der Waals surface area contributed by atoms with Crippen LogP contribution in [0.3, 0.4) is 0 Å². The number of alkyl halides is 3. The molecule has 188 valence electrons. The van der Waals surface area contributed by atoms with Gasteiger partial charge in [0.15, 0.2) is 0 Å². The highest BCUT2D eigenvalue weighted by Crippen LogP contribution is 2.34. The Morgan fingerprint density at radius 2 is 1.42 bits per heavy atom. The Morgan fingerprint density at radius 1 is 0.750 bits per heavy atom. The third kappa shape index (κ3) is 5.66. The minimum atomic E-state index is -5.12. The first-order valence-corrected chi connectivity index (χ1v) is 11.7. The van der Waals surface area contributed by atoms with Crippen molar-refractivity contribution >= 4 is 10.8 Å². The Balaban J connectivity index is 1.51. The summed E-state index contributed by atoms with van der Waals surface area (Å²) < 4.78 is 86.9. The number of hydrogen-bond donors (Lipinski definition) is 0. The average Bonchev–Trinajstić information content (AvgIpc) is 2.83. The minimum Gasteiger partial charge on any atom is -0.494 e. The Kier molecular flexibility index (Phi) is 7.57. The summed E-state index contributed by atoms with van der Waals surface area (Å²) in [5.74, 6) is -3.03. The van der Waals surface area contributed by atoms with Gasteiger partial charge in [0.05, 0.1) is 6.61 Å². The smallest absolute Gasteiger partial charge is 0.422 e. The molecule has 0 saturated carbocycles. The molecule has 4 aromatic carbocycles. The van der Waals surface area contributed by atoms with Crippen LogP contribution in [0.1, 0.15) is 36.5 Å². The third-order valence-electron chi connectivity index (χ3n) is 6.06. The molecule has 0 spiro atoms. The minimum absolute atomic E-state index is 0.0147. The first-order valence-electron chi connectivity index (χ1n) is 11.7. The van der Waals surface area contributed by atoms with Crippen LogP contribution in [-0.4, -0.2) is 6.61 Å². The van der Waals surface area contributed by atoms with Gasteiger partial charge in [-0.2, -0.15) is 13.2 Å². The molecule has 36 heavy (non-hydrogen) atoms. The van der Waals surface area contributed by atoms with Gasteiger partial charge >= 0.3 is 6.18 Å². The number of ether oxygens (including phenoxy) is 1. The summed E-state index contributed by atoms with van der Waals surface area (Å²) in [5.41, 5.74) is 0.276. The van der Waals surface area contributed by atoms with Crippen molar-refractivity contribution in [2.45, 2.75) is 38.8 Å². The molecule has 0 fully saturated rings. The maximum absolute atomic E-state index is 15.2. The summed E-state index contributed by atoms with van der Waals surface area (Å²) >= 11 is 0. The van der Waals surface area contributed by atoms with Crippen LogP contribution < -0.4 is 4.74 Å². The van der Waals surface area contributed by atoms with E-state index in [1.165, 1.54) is 0 Å². The van der Waals surface area contributed by atoms with Crippen molar-refractivity contribution in [2.75, 3.05) is 6.61 Å².